The van der Waals surface area contributed by atoms with Gasteiger partial charge in [0.15, 0.2) is 6.10 Å². The number of hydrogen-bond acceptors (Lipinski definition) is 7. The summed E-state index contributed by atoms with van der Waals surface area (Å²) in [5, 5.41) is 14.4. The molecule has 1 N–H and O–H groups in total. The summed E-state index contributed by atoms with van der Waals surface area (Å²) in [6.07, 6.45) is -4.22. The summed E-state index contributed by atoms with van der Waals surface area (Å²) in [6, 6.07) is 22.0. The Bertz CT molecular complexity index is 1150. The minimum Gasteiger partial charge on any atom is -0.546 e. The number of benzene rings is 3. The van der Waals surface area contributed by atoms with Crippen LogP contribution in [0.4, 0.5) is 5.69 Å². The fraction of sp³-hybridized carbons (Fsp3) is 0.120. The van der Waals surface area contributed by atoms with Crippen molar-refractivity contribution in [2.75, 3.05) is 5.32 Å². The summed E-state index contributed by atoms with van der Waals surface area (Å²) in [4.78, 5) is 49.9. The Kier molecular flexibility index (Phi) is 7.54. The summed E-state index contributed by atoms with van der Waals surface area (Å²) in [5.74, 6) is -4.89. The highest BCUT2D eigenvalue weighted by atomic mass is 16.6. The lowest BCUT2D eigenvalue weighted by Crippen LogP contribution is -2.52. The Labute approximate surface area is 189 Å². The average Bonchev–Trinajstić information content (AvgIpc) is 2.82. The van der Waals surface area contributed by atoms with Gasteiger partial charge in [0.05, 0.1) is 17.1 Å². The molecule has 0 bridgehead atoms. The molecule has 8 heteroatoms. The van der Waals surface area contributed by atoms with E-state index in [1.165, 1.54) is 24.3 Å². The van der Waals surface area contributed by atoms with E-state index in [0.29, 0.717) is 5.69 Å². The minimum absolute atomic E-state index is 0.0518. The van der Waals surface area contributed by atoms with Crippen molar-refractivity contribution in [2.45, 2.75) is 19.1 Å². The summed E-state index contributed by atoms with van der Waals surface area (Å²) in [5.41, 5.74) is 1.30. The van der Waals surface area contributed by atoms with E-state index < -0.39 is 36.0 Å². The third-order valence-corrected chi connectivity index (χ3v) is 4.54. The number of aryl methyl sites for hydroxylation is 1. The van der Waals surface area contributed by atoms with Gasteiger partial charge in [-0.3, -0.25) is 4.79 Å². The third-order valence-electron chi connectivity index (χ3n) is 4.54. The van der Waals surface area contributed by atoms with Crippen molar-refractivity contribution < 1.29 is 33.8 Å². The lowest BCUT2D eigenvalue weighted by molar-refractivity contribution is -0.317. The van der Waals surface area contributed by atoms with Gasteiger partial charge in [-0.2, -0.15) is 0 Å². The molecule has 33 heavy (non-hydrogen) atoms. The van der Waals surface area contributed by atoms with Crippen molar-refractivity contribution in [3.05, 3.63) is 102 Å². The van der Waals surface area contributed by atoms with Crippen molar-refractivity contribution in [3.63, 3.8) is 0 Å². The highest BCUT2D eigenvalue weighted by Gasteiger charge is 2.37. The maximum absolute atomic E-state index is 13.0. The first-order chi connectivity index (χ1) is 15.8. The summed E-state index contributed by atoms with van der Waals surface area (Å²) < 4.78 is 10.3. The second kappa shape index (κ2) is 10.7. The second-order valence-electron chi connectivity index (χ2n) is 7.06. The van der Waals surface area contributed by atoms with E-state index >= 15 is 0 Å². The van der Waals surface area contributed by atoms with Gasteiger partial charge in [0, 0.05) is 5.69 Å². The Morgan fingerprint density at radius 3 is 1.73 bits per heavy atom. The maximum Gasteiger partial charge on any atom is 0.339 e. The Morgan fingerprint density at radius 2 is 1.24 bits per heavy atom. The molecule has 8 nitrogen and oxygen atoms in total. The van der Waals surface area contributed by atoms with Crippen molar-refractivity contribution in [3.8, 4) is 0 Å². The van der Waals surface area contributed by atoms with Gasteiger partial charge >= 0.3 is 11.9 Å². The number of aliphatic carboxylic acids is 1. The lowest BCUT2D eigenvalue weighted by Gasteiger charge is -2.27. The smallest absolute Gasteiger partial charge is 0.339 e. The first kappa shape index (κ1) is 23.2. The van der Waals surface area contributed by atoms with Gasteiger partial charge in [0.25, 0.3) is 5.91 Å². The predicted molar refractivity (Wildman–Crippen MR) is 116 cm³/mol. The number of nitrogens with one attached hydrogen (secondary N) is 1. The van der Waals surface area contributed by atoms with Crippen molar-refractivity contribution in [2.24, 2.45) is 0 Å². The molecule has 2 unspecified atom stereocenters. The van der Waals surface area contributed by atoms with Gasteiger partial charge in [-0.25, -0.2) is 9.59 Å². The largest absolute Gasteiger partial charge is 0.546 e. The first-order valence-corrected chi connectivity index (χ1v) is 9.95. The SMILES string of the molecule is Cc1cccc(NC(=O)C(OC(=O)c2ccccc2)C(OC(=O)c2ccccc2)C(=O)[O-])c1. The quantitative estimate of drug-likeness (QED) is 0.526. The topological polar surface area (TPSA) is 122 Å². The van der Waals surface area contributed by atoms with E-state index in [0.717, 1.165) is 5.56 Å². The number of carboxylic acids is 1. The molecule has 0 aliphatic heterocycles. The van der Waals surface area contributed by atoms with Gasteiger partial charge in [0.2, 0.25) is 6.10 Å². The molecule has 0 saturated carbocycles. The summed E-state index contributed by atoms with van der Waals surface area (Å²) in [6.45, 7) is 1.80. The van der Waals surface area contributed by atoms with Crippen LogP contribution in [0.15, 0.2) is 84.9 Å². The zero-order valence-corrected chi connectivity index (χ0v) is 17.6. The van der Waals surface area contributed by atoms with Crippen LogP contribution in [0, 0.1) is 6.92 Å². The molecule has 3 aromatic carbocycles. The summed E-state index contributed by atoms with van der Waals surface area (Å²) >= 11 is 0. The monoisotopic (exact) mass is 446 g/mol. The van der Waals surface area contributed by atoms with Crippen molar-refractivity contribution >= 4 is 29.5 Å². The van der Waals surface area contributed by atoms with E-state index in [4.69, 9.17) is 9.47 Å². The van der Waals surface area contributed by atoms with Crippen LogP contribution in [-0.4, -0.2) is 36.0 Å². The molecule has 0 aliphatic carbocycles. The van der Waals surface area contributed by atoms with E-state index in [-0.39, 0.29) is 11.1 Å². The van der Waals surface area contributed by atoms with Crippen LogP contribution in [-0.2, 0) is 19.1 Å². The van der Waals surface area contributed by atoms with Crippen molar-refractivity contribution in [1.29, 1.82) is 0 Å². The lowest BCUT2D eigenvalue weighted by atomic mass is 10.1. The maximum atomic E-state index is 13.0. The second-order valence-corrected chi connectivity index (χ2v) is 7.06. The van der Waals surface area contributed by atoms with Gasteiger partial charge in [-0.15, -0.1) is 0 Å². The van der Waals surface area contributed by atoms with E-state index in [2.05, 4.69) is 5.32 Å². The number of carbonyl (C=O) groups excluding carboxylic acids is 4. The van der Waals surface area contributed by atoms with Crippen LogP contribution in [0.2, 0.25) is 0 Å². The molecule has 1 amide bonds. The van der Waals surface area contributed by atoms with Gasteiger partial charge in [-0.05, 0) is 48.9 Å². The molecule has 0 spiro atoms. The number of esters is 2. The number of hydrogen-bond donors (Lipinski definition) is 1. The molecule has 0 saturated heterocycles. The molecule has 0 aromatic heterocycles. The van der Waals surface area contributed by atoms with Crippen LogP contribution in [0.5, 0.6) is 0 Å². The standard InChI is InChI=1S/C25H21NO7/c1-16-9-8-14-19(15-16)26-22(27)20(32-24(30)17-10-4-2-5-11-17)21(23(28)29)33-25(31)18-12-6-3-7-13-18/h2-15,20-21H,1H3,(H,26,27)(H,28,29)/p-1. The zero-order valence-electron chi connectivity index (χ0n) is 17.6. The number of carbonyl (C=O) groups is 4. The average molecular weight is 446 g/mol. The van der Waals surface area contributed by atoms with E-state index in [1.54, 1.807) is 67.6 Å². The minimum atomic E-state index is -2.20. The van der Waals surface area contributed by atoms with Crippen LogP contribution in [0.1, 0.15) is 26.3 Å². The molecular weight excluding hydrogens is 426 g/mol. The van der Waals surface area contributed by atoms with Gasteiger partial charge in [-0.1, -0.05) is 48.5 Å². The van der Waals surface area contributed by atoms with Crippen LogP contribution < -0.4 is 10.4 Å². The van der Waals surface area contributed by atoms with Crippen molar-refractivity contribution in [1.82, 2.24) is 0 Å². The van der Waals surface area contributed by atoms with Crippen LogP contribution in [0.3, 0.4) is 0 Å². The Morgan fingerprint density at radius 1 is 0.727 bits per heavy atom. The third kappa shape index (κ3) is 6.27. The molecule has 168 valence electrons. The molecule has 0 radical (unpaired) electrons. The molecule has 3 rings (SSSR count). The first-order valence-electron chi connectivity index (χ1n) is 9.95. The molecule has 2 atom stereocenters. The van der Waals surface area contributed by atoms with E-state index in [9.17, 15) is 24.3 Å². The van der Waals surface area contributed by atoms with Crippen LogP contribution in [0.25, 0.3) is 0 Å². The fourth-order valence-corrected chi connectivity index (χ4v) is 2.94. The van der Waals surface area contributed by atoms with E-state index in [1.807, 2.05) is 0 Å². The number of anilines is 1. The fourth-order valence-electron chi connectivity index (χ4n) is 2.94. The molecule has 3 aromatic rings. The molecule has 0 aliphatic rings. The zero-order chi connectivity index (χ0) is 23.8. The molecule has 0 heterocycles. The number of carboxylic acid groups (broad SMARTS) is 1. The van der Waals surface area contributed by atoms with Crippen LogP contribution >= 0.6 is 0 Å². The van der Waals surface area contributed by atoms with Gasteiger partial charge in [0.1, 0.15) is 0 Å². The normalized spacial score (nSPS) is 12.2. The molecule has 0 fully saturated rings. The highest BCUT2D eigenvalue weighted by molar-refractivity contribution is 6.01. The number of amides is 1. The number of rotatable bonds is 8. The number of ether oxygens (including phenoxy) is 2. The Balaban J connectivity index is 1.90. The highest BCUT2D eigenvalue weighted by Crippen LogP contribution is 2.16. The summed E-state index contributed by atoms with van der Waals surface area (Å²) in [7, 11) is 0. The Hall–Kier alpha value is -4.46. The van der Waals surface area contributed by atoms with Gasteiger partial charge < -0.3 is 24.7 Å². The molecular formula is C25H20NO7-. The predicted octanol–water partition coefficient (Wildman–Crippen LogP) is 2.13.